The first-order valence-corrected chi connectivity index (χ1v) is 12.4. The van der Waals surface area contributed by atoms with Gasteiger partial charge in [-0.1, -0.05) is 23.7 Å². The first-order valence-electron chi connectivity index (χ1n) is 10.6. The van der Waals surface area contributed by atoms with E-state index >= 15 is 0 Å². The Balaban J connectivity index is 1.53. The Labute approximate surface area is 198 Å². The number of aryl methyl sites for hydroxylation is 3. The fourth-order valence-electron chi connectivity index (χ4n) is 3.81. The summed E-state index contributed by atoms with van der Waals surface area (Å²) in [4.78, 5) is 15.1. The van der Waals surface area contributed by atoms with Gasteiger partial charge in [0, 0.05) is 55.8 Å². The zero-order chi connectivity index (χ0) is 23.8. The monoisotopic (exact) mass is 487 g/mol. The normalized spacial score (nSPS) is 15.0. The van der Waals surface area contributed by atoms with Gasteiger partial charge in [0.1, 0.15) is 0 Å². The van der Waals surface area contributed by atoms with Gasteiger partial charge >= 0.3 is 0 Å². The minimum atomic E-state index is -3.95. The zero-order valence-corrected chi connectivity index (χ0v) is 20.3. The molecule has 1 aliphatic rings. The van der Waals surface area contributed by atoms with E-state index in [2.05, 4.69) is 15.3 Å². The Morgan fingerprint density at radius 3 is 2.42 bits per heavy atom. The molecule has 2 heterocycles. The number of piperazine rings is 1. The van der Waals surface area contributed by atoms with E-state index in [1.165, 1.54) is 15.2 Å². The lowest BCUT2D eigenvalue weighted by Crippen LogP contribution is -2.49. The molecular formula is C23H26ClN5O3S. The molecule has 1 saturated heterocycles. The van der Waals surface area contributed by atoms with E-state index < -0.39 is 15.9 Å². The first-order chi connectivity index (χ1) is 15.6. The van der Waals surface area contributed by atoms with Crippen molar-refractivity contribution in [2.45, 2.75) is 18.9 Å². The lowest BCUT2D eigenvalue weighted by atomic mass is 10.1. The van der Waals surface area contributed by atoms with Gasteiger partial charge in [0.2, 0.25) is 5.03 Å². The molecule has 0 radical (unpaired) electrons. The van der Waals surface area contributed by atoms with E-state index in [1.54, 1.807) is 19.2 Å². The maximum absolute atomic E-state index is 13.4. The van der Waals surface area contributed by atoms with Crippen molar-refractivity contribution in [1.82, 2.24) is 14.1 Å². The van der Waals surface area contributed by atoms with E-state index in [9.17, 15) is 13.2 Å². The van der Waals surface area contributed by atoms with Gasteiger partial charge in [-0.25, -0.2) is 8.42 Å². The smallest absolute Gasteiger partial charge is 0.263 e. The van der Waals surface area contributed by atoms with Gasteiger partial charge in [0.25, 0.3) is 15.9 Å². The van der Waals surface area contributed by atoms with Crippen molar-refractivity contribution in [2.24, 2.45) is 7.05 Å². The minimum Gasteiger partial charge on any atom is -0.369 e. The molecule has 0 bridgehead atoms. The molecule has 1 amide bonds. The highest BCUT2D eigenvalue weighted by Crippen LogP contribution is 2.25. The molecule has 3 aromatic rings. The molecule has 0 saturated carbocycles. The quantitative estimate of drug-likeness (QED) is 0.595. The highest BCUT2D eigenvalue weighted by molar-refractivity contribution is 7.89. The van der Waals surface area contributed by atoms with E-state index in [4.69, 9.17) is 11.6 Å². The number of anilines is 2. The highest BCUT2D eigenvalue weighted by Gasteiger charge is 2.34. The van der Waals surface area contributed by atoms with Gasteiger partial charge in [-0.2, -0.15) is 9.40 Å². The topological polar surface area (TPSA) is 87.5 Å². The van der Waals surface area contributed by atoms with Crippen LogP contribution in [0.4, 0.5) is 11.4 Å². The number of hydrogen-bond acceptors (Lipinski definition) is 5. The molecule has 2 aromatic carbocycles. The van der Waals surface area contributed by atoms with Crippen molar-refractivity contribution in [1.29, 1.82) is 0 Å². The molecule has 1 aliphatic heterocycles. The molecule has 0 spiro atoms. The maximum Gasteiger partial charge on any atom is 0.263 e. The van der Waals surface area contributed by atoms with Crippen LogP contribution in [0.2, 0.25) is 5.02 Å². The van der Waals surface area contributed by atoms with Crippen LogP contribution in [0.25, 0.3) is 0 Å². The molecule has 10 heteroatoms. The number of carbonyl (C=O) groups excluding carboxylic acids is 1. The van der Waals surface area contributed by atoms with Crippen LogP contribution in [-0.2, 0) is 17.1 Å². The van der Waals surface area contributed by atoms with Crippen LogP contribution in [0.5, 0.6) is 0 Å². The van der Waals surface area contributed by atoms with Gasteiger partial charge in [0.05, 0.1) is 5.56 Å². The van der Waals surface area contributed by atoms with Crippen molar-refractivity contribution in [3.05, 3.63) is 70.4 Å². The molecule has 4 rings (SSSR count). The van der Waals surface area contributed by atoms with E-state index in [1.807, 2.05) is 44.2 Å². The summed E-state index contributed by atoms with van der Waals surface area (Å²) in [6.45, 7) is 5.52. The second-order valence-corrected chi connectivity index (χ2v) is 10.4. The summed E-state index contributed by atoms with van der Waals surface area (Å²) in [5.41, 5.74) is 3.71. The molecule has 8 nitrogen and oxygen atoms in total. The van der Waals surface area contributed by atoms with Crippen LogP contribution in [0.1, 0.15) is 21.5 Å². The van der Waals surface area contributed by atoms with Crippen molar-refractivity contribution in [3.63, 3.8) is 0 Å². The van der Waals surface area contributed by atoms with Crippen LogP contribution in [0.3, 0.4) is 0 Å². The highest BCUT2D eigenvalue weighted by atomic mass is 35.5. The predicted molar refractivity (Wildman–Crippen MR) is 130 cm³/mol. The molecule has 1 N–H and O–H groups in total. The standard InChI is InChI=1S/C23H26ClN5O3S/c1-16-7-8-19(13-17(16)2)25-22(30)21-15-27(3)26-23(21)33(31,32)29-11-9-28(10-12-29)20-6-4-5-18(24)14-20/h4-8,13-15H,9-12H2,1-3H3,(H,25,30). The fourth-order valence-corrected chi connectivity index (χ4v) is 5.54. The van der Waals surface area contributed by atoms with E-state index in [0.717, 1.165) is 16.8 Å². The third kappa shape index (κ3) is 4.90. The van der Waals surface area contributed by atoms with E-state index in [0.29, 0.717) is 23.8 Å². The average molecular weight is 488 g/mol. The van der Waals surface area contributed by atoms with Crippen molar-refractivity contribution in [2.75, 3.05) is 36.4 Å². The van der Waals surface area contributed by atoms with Gasteiger partial charge in [-0.05, 0) is 55.3 Å². The minimum absolute atomic E-state index is 0.0213. The van der Waals surface area contributed by atoms with Crippen LogP contribution in [0, 0.1) is 13.8 Å². The number of aromatic nitrogens is 2. The van der Waals surface area contributed by atoms with Crippen molar-refractivity contribution >= 4 is 38.9 Å². The van der Waals surface area contributed by atoms with Crippen molar-refractivity contribution < 1.29 is 13.2 Å². The number of carbonyl (C=O) groups is 1. The Morgan fingerprint density at radius 2 is 1.76 bits per heavy atom. The number of sulfonamides is 1. The van der Waals surface area contributed by atoms with Gasteiger partial charge in [-0.15, -0.1) is 0 Å². The summed E-state index contributed by atoms with van der Waals surface area (Å²) in [6, 6.07) is 13.0. The Hall–Kier alpha value is -2.88. The Morgan fingerprint density at radius 1 is 1.03 bits per heavy atom. The molecule has 33 heavy (non-hydrogen) atoms. The predicted octanol–water partition coefficient (Wildman–Crippen LogP) is 3.45. The average Bonchev–Trinajstić information content (AvgIpc) is 3.19. The molecule has 1 fully saturated rings. The lowest BCUT2D eigenvalue weighted by molar-refractivity contribution is 0.102. The summed E-state index contributed by atoms with van der Waals surface area (Å²) < 4.78 is 29.5. The second kappa shape index (κ2) is 9.17. The number of benzene rings is 2. The summed E-state index contributed by atoms with van der Waals surface area (Å²) >= 11 is 6.09. The van der Waals surface area contributed by atoms with Crippen LogP contribution in [0.15, 0.2) is 53.7 Å². The molecule has 1 aromatic heterocycles. The number of amides is 1. The fraction of sp³-hybridized carbons (Fsp3) is 0.304. The van der Waals surface area contributed by atoms with Crippen LogP contribution >= 0.6 is 11.6 Å². The van der Waals surface area contributed by atoms with Gasteiger partial charge < -0.3 is 10.2 Å². The molecule has 0 aliphatic carbocycles. The number of nitrogens with one attached hydrogen (secondary N) is 1. The Kier molecular flexibility index (Phi) is 6.47. The third-order valence-corrected chi connectivity index (χ3v) is 7.87. The number of hydrogen-bond donors (Lipinski definition) is 1. The van der Waals surface area contributed by atoms with Crippen molar-refractivity contribution in [3.8, 4) is 0 Å². The maximum atomic E-state index is 13.4. The Bertz CT molecular complexity index is 1300. The van der Waals surface area contributed by atoms with Crippen LogP contribution in [-0.4, -0.2) is 54.6 Å². The number of nitrogens with zero attached hydrogens (tertiary/aromatic N) is 4. The zero-order valence-electron chi connectivity index (χ0n) is 18.7. The van der Waals surface area contributed by atoms with E-state index in [-0.39, 0.29) is 23.7 Å². The number of rotatable bonds is 5. The number of halogens is 1. The van der Waals surface area contributed by atoms with Crippen LogP contribution < -0.4 is 10.2 Å². The summed E-state index contributed by atoms with van der Waals surface area (Å²) in [5.74, 6) is -0.512. The SMILES string of the molecule is Cc1ccc(NC(=O)c2cn(C)nc2S(=O)(=O)N2CCN(c3cccc(Cl)c3)CC2)cc1C. The summed E-state index contributed by atoms with van der Waals surface area (Å²) in [5, 5.41) is 7.33. The third-order valence-electron chi connectivity index (χ3n) is 5.80. The largest absolute Gasteiger partial charge is 0.369 e. The summed E-state index contributed by atoms with van der Waals surface area (Å²) in [6.07, 6.45) is 1.44. The molecule has 0 atom stereocenters. The first kappa shape index (κ1) is 23.3. The lowest BCUT2D eigenvalue weighted by Gasteiger charge is -2.35. The molecule has 0 unspecified atom stereocenters. The second-order valence-electron chi connectivity index (χ2n) is 8.15. The molecule has 174 valence electrons. The summed E-state index contributed by atoms with van der Waals surface area (Å²) in [7, 11) is -2.35. The van der Waals surface area contributed by atoms with Gasteiger partial charge in [0.15, 0.2) is 0 Å². The van der Waals surface area contributed by atoms with Gasteiger partial charge in [-0.3, -0.25) is 9.48 Å². The molecular weight excluding hydrogens is 462 g/mol.